The van der Waals surface area contributed by atoms with Crippen molar-refractivity contribution in [1.82, 2.24) is 14.5 Å². The van der Waals surface area contributed by atoms with Crippen LogP contribution in [0.5, 0.6) is 5.75 Å². The van der Waals surface area contributed by atoms with Gasteiger partial charge in [-0.3, -0.25) is 9.59 Å². The number of carbonyl (C=O) groups is 2. The number of furan rings is 1. The van der Waals surface area contributed by atoms with Crippen LogP contribution < -0.4 is 4.74 Å². The lowest BCUT2D eigenvalue weighted by Crippen LogP contribution is -2.32. The number of rotatable bonds is 8. The molecule has 0 saturated heterocycles. The molecule has 5 rings (SSSR count). The maximum atomic E-state index is 13.6. The van der Waals surface area contributed by atoms with Crippen molar-refractivity contribution in [2.45, 2.75) is 19.0 Å². The Kier molecular flexibility index (Phi) is 5.82. The van der Waals surface area contributed by atoms with Crippen molar-refractivity contribution in [2.75, 3.05) is 13.7 Å². The molecule has 0 radical (unpaired) electrons. The number of amides is 1. The highest BCUT2D eigenvalue weighted by atomic mass is 19.1. The first-order valence-corrected chi connectivity index (χ1v) is 11.0. The van der Waals surface area contributed by atoms with Gasteiger partial charge in [0, 0.05) is 30.9 Å². The highest BCUT2D eigenvalue weighted by molar-refractivity contribution is 6.16. The summed E-state index contributed by atoms with van der Waals surface area (Å²) in [5, 5.41) is 11.5. The smallest absolute Gasteiger partial charge is 0.290 e. The van der Waals surface area contributed by atoms with E-state index in [9.17, 15) is 19.1 Å². The Morgan fingerprint density at radius 3 is 2.71 bits per heavy atom. The van der Waals surface area contributed by atoms with Gasteiger partial charge >= 0.3 is 0 Å². The molecule has 1 N–H and O–H groups in total. The number of carbonyl (C=O) groups excluding carboxylic acids is 2. The van der Waals surface area contributed by atoms with Crippen LogP contribution in [0.1, 0.15) is 28.6 Å². The Bertz CT molecular complexity index is 1420. The molecule has 2 aromatic carbocycles. The van der Waals surface area contributed by atoms with Crippen LogP contribution in [-0.2, 0) is 11.3 Å². The van der Waals surface area contributed by atoms with E-state index in [4.69, 9.17) is 9.15 Å². The normalized spacial score (nSPS) is 15.9. The molecule has 0 spiro atoms. The summed E-state index contributed by atoms with van der Waals surface area (Å²) in [6.45, 7) is 0.848. The molecule has 1 atom stereocenters. The lowest BCUT2D eigenvalue weighted by Gasteiger charge is -2.26. The zero-order chi connectivity index (χ0) is 24.5. The van der Waals surface area contributed by atoms with E-state index in [1.54, 1.807) is 36.8 Å². The second-order valence-corrected chi connectivity index (χ2v) is 8.19. The number of imidazole rings is 1. The molecule has 2 aromatic heterocycles. The summed E-state index contributed by atoms with van der Waals surface area (Å²) in [5.41, 5.74) is 0.781. The molecule has 178 valence electrons. The quantitative estimate of drug-likeness (QED) is 0.378. The summed E-state index contributed by atoms with van der Waals surface area (Å²) in [5.74, 6) is -1.96. The molecule has 8 nitrogen and oxygen atoms in total. The van der Waals surface area contributed by atoms with Crippen molar-refractivity contribution in [2.24, 2.45) is 0 Å². The second kappa shape index (κ2) is 9.09. The Hall–Kier alpha value is -4.40. The number of aromatic nitrogens is 2. The molecular weight excluding hydrogens is 453 g/mol. The minimum Gasteiger partial charge on any atom is -0.503 e. The highest BCUT2D eigenvalue weighted by Gasteiger charge is 2.44. The van der Waals surface area contributed by atoms with Crippen LogP contribution in [0.4, 0.5) is 4.39 Å². The van der Waals surface area contributed by atoms with E-state index in [0.717, 1.165) is 0 Å². The van der Waals surface area contributed by atoms with Crippen LogP contribution >= 0.6 is 0 Å². The lowest BCUT2D eigenvalue weighted by atomic mass is 9.95. The topological polar surface area (TPSA) is 97.8 Å². The third kappa shape index (κ3) is 4.05. The standard InChI is InChI=1S/C26H22FN3O5/c1-34-19-5-2-4-17-14-20(35-25(17)19)23(31)21-22(16-6-8-18(27)9-7-16)30(26(33)24(21)32)12-3-11-29-13-10-28-15-29/h2,4-10,13-15,22,32H,3,11-12H2,1H3/t22-/m1/s1. The Morgan fingerprint density at radius 2 is 2.00 bits per heavy atom. The molecule has 0 fully saturated rings. The number of fused-ring (bicyclic) bond motifs is 1. The van der Waals surface area contributed by atoms with Gasteiger partial charge in [0.25, 0.3) is 5.91 Å². The minimum absolute atomic E-state index is 0.0359. The number of Topliss-reactive ketones (excluding diaryl/α,β-unsaturated/α-hetero) is 1. The van der Waals surface area contributed by atoms with Gasteiger partial charge in [0.2, 0.25) is 5.78 Å². The number of aryl methyl sites for hydroxylation is 1. The number of nitrogens with zero attached hydrogens (tertiary/aromatic N) is 3. The van der Waals surface area contributed by atoms with E-state index in [-0.39, 0.29) is 17.9 Å². The first-order valence-electron chi connectivity index (χ1n) is 11.0. The van der Waals surface area contributed by atoms with E-state index in [0.29, 0.717) is 35.2 Å². The molecule has 0 aliphatic carbocycles. The van der Waals surface area contributed by atoms with Crippen LogP contribution in [0, 0.1) is 5.82 Å². The average Bonchev–Trinajstić information content (AvgIpc) is 3.59. The van der Waals surface area contributed by atoms with Crippen molar-refractivity contribution in [3.05, 3.63) is 95.7 Å². The van der Waals surface area contributed by atoms with Crippen molar-refractivity contribution >= 4 is 22.7 Å². The summed E-state index contributed by atoms with van der Waals surface area (Å²) in [4.78, 5) is 32.1. The summed E-state index contributed by atoms with van der Waals surface area (Å²) in [7, 11) is 1.50. The number of aliphatic hydroxyl groups is 1. The van der Waals surface area contributed by atoms with Gasteiger partial charge in [0.05, 0.1) is 25.1 Å². The number of halogens is 1. The number of methoxy groups -OCH3 is 1. The molecule has 0 unspecified atom stereocenters. The highest BCUT2D eigenvalue weighted by Crippen LogP contribution is 2.40. The predicted molar refractivity (Wildman–Crippen MR) is 124 cm³/mol. The van der Waals surface area contributed by atoms with Gasteiger partial charge in [0.15, 0.2) is 22.9 Å². The van der Waals surface area contributed by atoms with Crippen LogP contribution in [0.25, 0.3) is 11.0 Å². The summed E-state index contributed by atoms with van der Waals surface area (Å²) in [6, 6.07) is 11.4. The second-order valence-electron chi connectivity index (χ2n) is 8.19. The number of benzene rings is 2. The van der Waals surface area contributed by atoms with Crippen molar-refractivity contribution < 1.29 is 28.2 Å². The van der Waals surface area contributed by atoms with E-state index in [1.165, 1.54) is 36.3 Å². The minimum atomic E-state index is -0.895. The number of ketones is 1. The predicted octanol–water partition coefficient (Wildman–Crippen LogP) is 4.45. The summed E-state index contributed by atoms with van der Waals surface area (Å²) < 4.78 is 26.6. The zero-order valence-electron chi connectivity index (χ0n) is 18.8. The van der Waals surface area contributed by atoms with E-state index < -0.39 is 29.3 Å². The Morgan fingerprint density at radius 1 is 1.20 bits per heavy atom. The molecule has 35 heavy (non-hydrogen) atoms. The van der Waals surface area contributed by atoms with E-state index >= 15 is 0 Å². The molecule has 0 bridgehead atoms. The number of hydrogen-bond acceptors (Lipinski definition) is 6. The van der Waals surface area contributed by atoms with Gasteiger partial charge in [-0.15, -0.1) is 0 Å². The molecule has 0 saturated carbocycles. The maximum Gasteiger partial charge on any atom is 0.290 e. The largest absolute Gasteiger partial charge is 0.503 e. The SMILES string of the molecule is COc1cccc2cc(C(=O)C3=C(O)C(=O)N(CCCn4ccnc4)[C@@H]3c3ccc(F)cc3)oc12. The van der Waals surface area contributed by atoms with E-state index in [1.807, 2.05) is 10.8 Å². The molecule has 3 heterocycles. The fourth-order valence-electron chi connectivity index (χ4n) is 4.39. The molecule has 1 aliphatic heterocycles. The number of hydrogen-bond donors (Lipinski definition) is 1. The third-order valence-corrected chi connectivity index (χ3v) is 6.06. The van der Waals surface area contributed by atoms with Gasteiger partial charge in [0.1, 0.15) is 5.82 Å². The first kappa shape index (κ1) is 22.4. The Labute approximate surface area is 199 Å². The lowest BCUT2D eigenvalue weighted by molar-refractivity contribution is -0.129. The van der Waals surface area contributed by atoms with Gasteiger partial charge in [-0.25, -0.2) is 9.37 Å². The molecule has 9 heteroatoms. The number of para-hydroxylation sites is 1. The van der Waals surface area contributed by atoms with E-state index in [2.05, 4.69) is 4.98 Å². The first-order chi connectivity index (χ1) is 17.0. The monoisotopic (exact) mass is 475 g/mol. The fraction of sp³-hybridized carbons (Fsp3) is 0.192. The molecule has 1 amide bonds. The van der Waals surface area contributed by atoms with Crippen molar-refractivity contribution in [3.63, 3.8) is 0 Å². The summed E-state index contributed by atoms with van der Waals surface area (Å²) >= 11 is 0. The average molecular weight is 475 g/mol. The van der Waals surface area contributed by atoms with Crippen LogP contribution in [0.3, 0.4) is 0 Å². The van der Waals surface area contributed by atoms with Gasteiger partial charge < -0.3 is 23.7 Å². The number of ether oxygens (including phenoxy) is 1. The van der Waals surface area contributed by atoms with Gasteiger partial charge in [-0.2, -0.15) is 0 Å². The Balaban J connectivity index is 1.51. The molecular formula is C26H22FN3O5. The third-order valence-electron chi connectivity index (χ3n) is 6.06. The van der Waals surface area contributed by atoms with Crippen LogP contribution in [0.15, 0.2) is 83.0 Å². The van der Waals surface area contributed by atoms with Crippen LogP contribution in [-0.4, -0.2) is 44.9 Å². The van der Waals surface area contributed by atoms with Gasteiger partial charge in [-0.05, 0) is 36.2 Å². The van der Waals surface area contributed by atoms with Gasteiger partial charge in [-0.1, -0.05) is 24.3 Å². The summed E-state index contributed by atoms with van der Waals surface area (Å²) in [6.07, 6.45) is 5.69. The van der Waals surface area contributed by atoms with Crippen LogP contribution in [0.2, 0.25) is 0 Å². The zero-order valence-corrected chi connectivity index (χ0v) is 18.8. The van der Waals surface area contributed by atoms with Crippen molar-refractivity contribution in [3.8, 4) is 5.75 Å². The maximum absolute atomic E-state index is 13.6. The number of aliphatic hydroxyl groups excluding tert-OH is 1. The molecule has 1 aliphatic rings. The fourth-order valence-corrected chi connectivity index (χ4v) is 4.39. The molecule has 4 aromatic rings. The van der Waals surface area contributed by atoms with Crippen molar-refractivity contribution in [1.29, 1.82) is 0 Å².